The van der Waals surface area contributed by atoms with Crippen molar-refractivity contribution in [3.8, 4) is 0 Å². The van der Waals surface area contributed by atoms with Crippen LogP contribution >= 0.6 is 20.2 Å². The van der Waals surface area contributed by atoms with Gasteiger partial charge in [-0.05, 0) is 18.6 Å². The molecule has 22 heavy (non-hydrogen) atoms. The summed E-state index contributed by atoms with van der Waals surface area (Å²) in [4.78, 5) is 4.03. The third-order valence-corrected chi connectivity index (χ3v) is 2.39. The van der Waals surface area contributed by atoms with E-state index in [1.54, 1.807) is 18.3 Å². The number of ether oxygens (including phenoxy) is 3. The Morgan fingerprint density at radius 2 is 1.77 bits per heavy atom. The molecule has 0 aliphatic rings. The second-order valence-corrected chi connectivity index (χ2v) is 5.57. The second kappa shape index (κ2) is 17.0. The summed E-state index contributed by atoms with van der Waals surface area (Å²) >= 11 is 0.757. The molecule has 131 valence electrons. The maximum absolute atomic E-state index is 7.66. The van der Waals surface area contributed by atoms with Crippen molar-refractivity contribution in [2.24, 2.45) is 0 Å². The van der Waals surface area contributed by atoms with Crippen molar-refractivity contribution in [1.82, 2.24) is 4.98 Å². The molecule has 8 heteroatoms. The molecule has 0 aliphatic heterocycles. The summed E-state index contributed by atoms with van der Waals surface area (Å²) in [5.41, 5.74) is 0.533. The van der Waals surface area contributed by atoms with Crippen molar-refractivity contribution in [2.75, 3.05) is 33.0 Å². The molecule has 0 bridgehead atoms. The van der Waals surface area contributed by atoms with Gasteiger partial charge < -0.3 is 14.2 Å². The molecule has 0 fully saturated rings. The van der Waals surface area contributed by atoms with Crippen LogP contribution in [0.4, 0.5) is 0 Å². The van der Waals surface area contributed by atoms with Gasteiger partial charge in [-0.3, -0.25) is 10.4 Å². The molecule has 5 nitrogen and oxygen atoms in total. The summed E-state index contributed by atoms with van der Waals surface area (Å²) in [6.07, 6.45) is 3.87. The van der Waals surface area contributed by atoms with Gasteiger partial charge in [-0.2, -0.15) is 0 Å². The Morgan fingerprint density at radius 1 is 1.14 bits per heavy atom. The van der Waals surface area contributed by atoms with Crippen LogP contribution in [-0.2, 0) is 27.3 Å². The van der Waals surface area contributed by atoms with Gasteiger partial charge in [0.1, 0.15) is 12.3 Å². The molecule has 0 aliphatic carbocycles. The Hall–Kier alpha value is -0.361. The van der Waals surface area contributed by atoms with E-state index in [2.05, 4.69) is 32.1 Å². The maximum atomic E-state index is 7.66. The average Bonchev–Trinajstić information content (AvgIpc) is 2.54. The fourth-order valence-electron chi connectivity index (χ4n) is 1.34. The van der Waals surface area contributed by atoms with Gasteiger partial charge in [-0.1, -0.05) is 19.4 Å². The predicted molar refractivity (Wildman–Crippen MR) is 85.3 cm³/mol. The van der Waals surface area contributed by atoms with Gasteiger partial charge >= 0.3 is 33.3 Å². The Morgan fingerprint density at radius 3 is 2.36 bits per heavy atom. The van der Waals surface area contributed by atoms with E-state index in [1.807, 2.05) is 6.07 Å². The van der Waals surface area contributed by atoms with Crippen LogP contribution in [0.2, 0.25) is 0 Å². The van der Waals surface area contributed by atoms with Gasteiger partial charge in [0.05, 0.1) is 19.8 Å². The first-order chi connectivity index (χ1) is 10.8. The van der Waals surface area contributed by atoms with Crippen molar-refractivity contribution in [3.05, 3.63) is 30.1 Å². The third kappa shape index (κ3) is 13.3. The number of nitrogens with zero attached hydrogens (tertiary/aromatic N) is 1. The summed E-state index contributed by atoms with van der Waals surface area (Å²) in [5, 5.41) is 7.66. The fraction of sp³-hybridized carbons (Fsp3) is 0.571. The summed E-state index contributed by atoms with van der Waals surface area (Å²) in [6, 6.07) is 5.37. The number of halogens is 2. The second-order valence-electron chi connectivity index (χ2n) is 4.01. The quantitative estimate of drug-likeness (QED) is 0.282. The van der Waals surface area contributed by atoms with E-state index in [-0.39, 0.29) is 5.90 Å². The zero-order valence-corrected chi connectivity index (χ0v) is 14.9. The van der Waals surface area contributed by atoms with Crippen LogP contribution in [0, 0.1) is 5.41 Å². The van der Waals surface area contributed by atoms with E-state index in [1.165, 1.54) is 0 Å². The third-order valence-electron chi connectivity index (χ3n) is 2.39. The van der Waals surface area contributed by atoms with Gasteiger partial charge in [0.2, 0.25) is 5.90 Å². The number of aromatic nitrogens is 1. The van der Waals surface area contributed by atoms with Crippen LogP contribution in [0.5, 0.6) is 0 Å². The van der Waals surface area contributed by atoms with Crippen LogP contribution in [0.15, 0.2) is 24.4 Å². The van der Waals surface area contributed by atoms with Crippen LogP contribution in [0.25, 0.3) is 0 Å². The number of rotatable bonds is 10. The molecule has 0 saturated heterocycles. The van der Waals surface area contributed by atoms with Crippen LogP contribution in [0.1, 0.15) is 25.5 Å². The standard InChI is InChI=1S/C14H22N2O3.2ClH.Cu/c1-2-3-8-17-9-10-18-11-12-19-14(15)13-6-4-5-7-16-13;;;/h4-7,15H,2-3,8-12H2,1H3;2*1H;/q;;;+2/p-2. The summed E-state index contributed by atoms with van der Waals surface area (Å²) in [6.45, 7) is 4.90. The number of hydrogen-bond acceptors (Lipinski definition) is 5. The Balaban J connectivity index is 0.00000135. The molecule has 0 saturated carbocycles. The average molecular weight is 401 g/mol. The number of hydrogen-bond donors (Lipinski definition) is 1. The van der Waals surface area contributed by atoms with Crippen molar-refractivity contribution in [2.45, 2.75) is 19.8 Å². The number of unbranched alkanes of at least 4 members (excludes halogenated alkanes) is 1. The van der Waals surface area contributed by atoms with Crippen LogP contribution < -0.4 is 0 Å². The van der Waals surface area contributed by atoms with Gasteiger partial charge in [-0.25, -0.2) is 0 Å². The molecule has 1 heterocycles. The summed E-state index contributed by atoms with van der Waals surface area (Å²) in [5.74, 6) is 0.0726. The Bertz CT molecular complexity index is 372. The molecular formula is C14H22Cl2CuN2O3. The number of pyridine rings is 1. The SMILES string of the molecule is CCCCOCCOCCOC(=N)c1ccccn1.[Cl][Cu][Cl]. The van der Waals surface area contributed by atoms with Crippen molar-refractivity contribution >= 4 is 26.1 Å². The molecule has 0 aromatic carbocycles. The molecule has 0 amide bonds. The van der Waals surface area contributed by atoms with Gasteiger partial charge in [-0.15, -0.1) is 0 Å². The summed E-state index contributed by atoms with van der Waals surface area (Å²) in [7, 11) is 9.34. The van der Waals surface area contributed by atoms with Crippen molar-refractivity contribution in [3.63, 3.8) is 0 Å². The van der Waals surface area contributed by atoms with Crippen LogP contribution in [0.3, 0.4) is 0 Å². The molecule has 1 N–H and O–H groups in total. The minimum atomic E-state index is 0.0726. The van der Waals surface area contributed by atoms with E-state index < -0.39 is 0 Å². The van der Waals surface area contributed by atoms with E-state index in [0.717, 1.165) is 32.6 Å². The predicted octanol–water partition coefficient (Wildman–Crippen LogP) is 3.63. The molecule has 0 unspecified atom stereocenters. The van der Waals surface area contributed by atoms with E-state index in [9.17, 15) is 0 Å². The van der Waals surface area contributed by atoms with Gasteiger partial charge in [0, 0.05) is 12.8 Å². The molecule has 0 radical (unpaired) electrons. The zero-order chi connectivity index (χ0) is 16.5. The topological polar surface area (TPSA) is 64.4 Å². The molecular weight excluding hydrogens is 379 g/mol. The van der Waals surface area contributed by atoms with E-state index in [4.69, 9.17) is 19.6 Å². The normalized spacial score (nSPS) is 9.95. The fourth-order valence-corrected chi connectivity index (χ4v) is 1.34. The Kier molecular flexibility index (Phi) is 16.7. The van der Waals surface area contributed by atoms with E-state index in [0.29, 0.717) is 32.1 Å². The van der Waals surface area contributed by atoms with Crippen molar-refractivity contribution in [1.29, 1.82) is 5.41 Å². The Labute approximate surface area is 146 Å². The van der Waals surface area contributed by atoms with Gasteiger partial charge in [0.15, 0.2) is 0 Å². The van der Waals surface area contributed by atoms with E-state index >= 15 is 0 Å². The molecule has 1 aromatic heterocycles. The van der Waals surface area contributed by atoms with Gasteiger partial charge in [0.25, 0.3) is 0 Å². The van der Waals surface area contributed by atoms with Crippen molar-refractivity contribution < 1.29 is 27.3 Å². The molecule has 0 spiro atoms. The zero-order valence-electron chi connectivity index (χ0n) is 12.5. The van der Waals surface area contributed by atoms with Crippen LogP contribution in [-0.4, -0.2) is 43.9 Å². The first-order valence-corrected chi connectivity index (χ1v) is 9.44. The first kappa shape index (κ1) is 21.6. The molecule has 1 rings (SSSR count). The summed E-state index contributed by atoms with van der Waals surface area (Å²) < 4.78 is 15.9. The monoisotopic (exact) mass is 399 g/mol. The molecule has 0 atom stereocenters. The number of nitrogens with one attached hydrogen (secondary N) is 1. The molecule has 1 aromatic rings. The minimum absolute atomic E-state index is 0.0726. The first-order valence-electron chi connectivity index (χ1n) is 6.85.